The molecule has 0 amide bonds. The Morgan fingerprint density at radius 3 is 2.55 bits per heavy atom. The van der Waals surface area contributed by atoms with Gasteiger partial charge in [0.1, 0.15) is 6.10 Å². The molecule has 5 nitrogen and oxygen atoms in total. The second kappa shape index (κ2) is 7.24. The monoisotopic (exact) mass is 317 g/mol. The van der Waals surface area contributed by atoms with Gasteiger partial charge in [0, 0.05) is 5.56 Å². The molecule has 0 aliphatic rings. The Balaban J connectivity index is 3.01. The van der Waals surface area contributed by atoms with Gasteiger partial charge in [0.2, 0.25) is 0 Å². The Kier molecular flexibility index (Phi) is 5.91. The van der Waals surface area contributed by atoms with Gasteiger partial charge >= 0.3 is 12.1 Å². The van der Waals surface area contributed by atoms with Crippen LogP contribution in [0.4, 0.5) is 13.2 Å². The summed E-state index contributed by atoms with van der Waals surface area (Å²) in [7, 11) is 0. The van der Waals surface area contributed by atoms with E-state index >= 15 is 0 Å². The number of hydrogen-bond acceptors (Lipinski definition) is 5. The summed E-state index contributed by atoms with van der Waals surface area (Å²) in [4.78, 5) is 11.2. The van der Waals surface area contributed by atoms with Crippen LogP contribution in [-0.4, -0.2) is 28.9 Å². The summed E-state index contributed by atoms with van der Waals surface area (Å²) >= 11 is 0. The van der Waals surface area contributed by atoms with Gasteiger partial charge in [-0.05, 0) is 19.1 Å². The molecule has 1 rings (SSSR count). The Morgan fingerprint density at radius 1 is 1.41 bits per heavy atom. The van der Waals surface area contributed by atoms with Crippen LogP contribution in [0.3, 0.4) is 0 Å². The molecule has 120 valence electrons. The molecular weight excluding hydrogens is 303 g/mol. The van der Waals surface area contributed by atoms with Crippen LogP contribution in [0.2, 0.25) is 0 Å². The van der Waals surface area contributed by atoms with Crippen molar-refractivity contribution < 1.29 is 32.9 Å². The average molecular weight is 317 g/mol. The van der Waals surface area contributed by atoms with Crippen LogP contribution in [0.1, 0.15) is 36.1 Å². The number of carbonyl (C=O) groups is 1. The Bertz CT molecular complexity index is 580. The number of aliphatic hydroxyl groups excluding tert-OH is 2. The van der Waals surface area contributed by atoms with Gasteiger partial charge < -0.3 is 14.9 Å². The van der Waals surface area contributed by atoms with Crippen LogP contribution in [0.25, 0.3) is 0 Å². The summed E-state index contributed by atoms with van der Waals surface area (Å²) in [6.45, 7) is 1.65. The predicted molar refractivity (Wildman–Crippen MR) is 68.4 cm³/mol. The number of nitrogens with zero attached hydrogens (tertiary/aromatic N) is 1. The van der Waals surface area contributed by atoms with E-state index in [1.54, 1.807) is 6.92 Å². The molecule has 0 bridgehead atoms. The molecule has 2 N–H and O–H groups in total. The molecular formula is C14H14F3NO4. The number of alkyl halides is 3. The molecule has 2 unspecified atom stereocenters. The van der Waals surface area contributed by atoms with Crippen LogP contribution >= 0.6 is 0 Å². The number of carbonyl (C=O) groups excluding carboxylic acids is 1. The predicted octanol–water partition coefficient (Wildman–Crippen LogP) is 1.92. The van der Waals surface area contributed by atoms with Crippen molar-refractivity contribution in [2.24, 2.45) is 0 Å². The van der Waals surface area contributed by atoms with Crippen LogP contribution in [-0.2, 0) is 15.7 Å². The highest BCUT2D eigenvalue weighted by Crippen LogP contribution is 2.32. The number of aliphatic hydroxyl groups is 2. The van der Waals surface area contributed by atoms with Gasteiger partial charge in [0.25, 0.3) is 0 Å². The number of esters is 1. The molecule has 0 saturated carbocycles. The maximum absolute atomic E-state index is 12.6. The van der Waals surface area contributed by atoms with Crippen LogP contribution in [0.5, 0.6) is 0 Å². The van der Waals surface area contributed by atoms with E-state index in [0.29, 0.717) is 12.1 Å². The van der Waals surface area contributed by atoms with E-state index in [1.165, 1.54) is 6.07 Å². The molecule has 8 heteroatoms. The number of ether oxygens (including phenoxy) is 1. The maximum atomic E-state index is 12.6. The fraction of sp³-hybridized carbons (Fsp3) is 0.429. The van der Waals surface area contributed by atoms with Crippen molar-refractivity contribution in [3.05, 3.63) is 34.9 Å². The quantitative estimate of drug-likeness (QED) is 0.810. The zero-order chi connectivity index (χ0) is 16.9. The zero-order valence-corrected chi connectivity index (χ0v) is 11.6. The number of benzene rings is 1. The van der Waals surface area contributed by atoms with E-state index in [0.717, 1.165) is 6.07 Å². The molecule has 0 aliphatic heterocycles. The second-order valence-electron chi connectivity index (χ2n) is 4.43. The first kappa shape index (κ1) is 17.9. The normalized spacial score (nSPS) is 14.0. The zero-order valence-electron chi connectivity index (χ0n) is 11.6. The summed E-state index contributed by atoms with van der Waals surface area (Å²) in [5, 5.41) is 28.6. The minimum absolute atomic E-state index is 0.0887. The third kappa shape index (κ3) is 4.44. The van der Waals surface area contributed by atoms with Crippen molar-refractivity contribution in [2.75, 3.05) is 6.61 Å². The van der Waals surface area contributed by atoms with E-state index in [9.17, 15) is 28.2 Å². The lowest BCUT2D eigenvalue weighted by Gasteiger charge is -2.19. The number of nitriles is 1. The number of hydrogen-bond donors (Lipinski definition) is 2. The first-order chi connectivity index (χ1) is 10.2. The highest BCUT2D eigenvalue weighted by atomic mass is 19.4. The van der Waals surface area contributed by atoms with E-state index in [1.807, 2.05) is 0 Å². The number of halogens is 3. The standard InChI is InChI=1S/C14H14F3NO4/c1-2-22-12(20)6-11(19)13(21)10-4-3-9(14(15,16)17)5-8(10)7-18/h3-5,11,13,19,21H,2,6H2,1H3. The summed E-state index contributed by atoms with van der Waals surface area (Å²) in [6, 6.07) is 3.71. The molecule has 1 aromatic rings. The third-order valence-corrected chi connectivity index (χ3v) is 2.87. The highest BCUT2D eigenvalue weighted by Gasteiger charge is 2.32. The fourth-order valence-corrected chi connectivity index (χ4v) is 1.80. The summed E-state index contributed by atoms with van der Waals surface area (Å²) in [5.41, 5.74) is -1.66. The molecule has 0 saturated heterocycles. The van der Waals surface area contributed by atoms with Crippen molar-refractivity contribution in [3.63, 3.8) is 0 Å². The minimum Gasteiger partial charge on any atom is -0.466 e. The highest BCUT2D eigenvalue weighted by molar-refractivity contribution is 5.70. The van der Waals surface area contributed by atoms with Crippen molar-refractivity contribution in [1.82, 2.24) is 0 Å². The van der Waals surface area contributed by atoms with E-state index in [2.05, 4.69) is 4.74 Å². The maximum Gasteiger partial charge on any atom is 0.416 e. The van der Waals surface area contributed by atoms with E-state index in [-0.39, 0.29) is 12.2 Å². The average Bonchev–Trinajstić information content (AvgIpc) is 2.44. The minimum atomic E-state index is -4.63. The van der Waals surface area contributed by atoms with Gasteiger partial charge in [-0.3, -0.25) is 4.79 Å². The fourth-order valence-electron chi connectivity index (χ4n) is 1.80. The molecule has 0 heterocycles. The first-order valence-corrected chi connectivity index (χ1v) is 6.33. The Hall–Kier alpha value is -2.11. The summed E-state index contributed by atoms with van der Waals surface area (Å²) in [5.74, 6) is -0.764. The lowest BCUT2D eigenvalue weighted by Crippen LogP contribution is -2.24. The van der Waals surface area contributed by atoms with Gasteiger partial charge in [-0.2, -0.15) is 18.4 Å². The first-order valence-electron chi connectivity index (χ1n) is 6.33. The van der Waals surface area contributed by atoms with Crippen LogP contribution in [0, 0.1) is 11.3 Å². The molecule has 0 aromatic heterocycles. The third-order valence-electron chi connectivity index (χ3n) is 2.87. The molecule has 2 atom stereocenters. The Labute approximate surface area is 124 Å². The molecule has 1 aromatic carbocycles. The molecule has 0 fully saturated rings. The van der Waals surface area contributed by atoms with Crippen LogP contribution < -0.4 is 0 Å². The largest absolute Gasteiger partial charge is 0.466 e. The lowest BCUT2D eigenvalue weighted by atomic mass is 9.96. The van der Waals surface area contributed by atoms with Crippen LogP contribution in [0.15, 0.2) is 18.2 Å². The Morgan fingerprint density at radius 2 is 2.05 bits per heavy atom. The molecule has 22 heavy (non-hydrogen) atoms. The van der Waals surface area contributed by atoms with Gasteiger partial charge in [0.15, 0.2) is 0 Å². The van der Waals surface area contributed by atoms with Crippen molar-refractivity contribution in [1.29, 1.82) is 5.26 Å². The topological polar surface area (TPSA) is 90.6 Å². The molecule has 0 spiro atoms. The second-order valence-corrected chi connectivity index (χ2v) is 4.43. The SMILES string of the molecule is CCOC(=O)CC(O)C(O)c1ccc(C(F)(F)F)cc1C#N. The van der Waals surface area contributed by atoms with Crippen molar-refractivity contribution >= 4 is 5.97 Å². The van der Waals surface area contributed by atoms with Crippen molar-refractivity contribution in [2.45, 2.75) is 31.7 Å². The van der Waals surface area contributed by atoms with Gasteiger partial charge in [-0.15, -0.1) is 0 Å². The van der Waals surface area contributed by atoms with Gasteiger partial charge in [-0.25, -0.2) is 0 Å². The molecule has 0 aliphatic carbocycles. The smallest absolute Gasteiger partial charge is 0.416 e. The summed E-state index contributed by atoms with van der Waals surface area (Å²) in [6.07, 6.45) is -8.44. The number of rotatable bonds is 5. The van der Waals surface area contributed by atoms with Gasteiger partial charge in [0.05, 0.1) is 36.3 Å². The molecule has 0 radical (unpaired) electrons. The van der Waals surface area contributed by atoms with Gasteiger partial charge in [-0.1, -0.05) is 6.07 Å². The summed E-state index contributed by atoms with van der Waals surface area (Å²) < 4.78 is 42.3. The van der Waals surface area contributed by atoms with Crippen molar-refractivity contribution in [3.8, 4) is 6.07 Å². The van der Waals surface area contributed by atoms with E-state index < -0.39 is 41.9 Å². The van der Waals surface area contributed by atoms with E-state index in [4.69, 9.17) is 5.26 Å². The lowest BCUT2D eigenvalue weighted by molar-refractivity contribution is -0.147.